The molecule has 0 aliphatic carbocycles. The molecule has 8 heteroatoms. The summed E-state index contributed by atoms with van der Waals surface area (Å²) in [7, 11) is 0. The number of aliphatic hydroxyl groups is 1. The van der Waals surface area contributed by atoms with Gasteiger partial charge in [0.2, 0.25) is 0 Å². The summed E-state index contributed by atoms with van der Waals surface area (Å²) < 4.78 is 7.53. The Morgan fingerprint density at radius 3 is 2.79 bits per heavy atom. The van der Waals surface area contributed by atoms with Crippen LogP contribution in [0.15, 0.2) is 41.2 Å². The third-order valence-electron chi connectivity index (χ3n) is 6.43. The zero-order chi connectivity index (χ0) is 24.6. The van der Waals surface area contributed by atoms with Crippen LogP contribution in [-0.4, -0.2) is 57.7 Å². The van der Waals surface area contributed by atoms with Crippen LogP contribution in [0, 0.1) is 6.92 Å². The average molecular weight is 468 g/mol. The van der Waals surface area contributed by atoms with Gasteiger partial charge in [-0.1, -0.05) is 6.07 Å². The number of aliphatic hydroxyl groups excluding tert-OH is 1. The number of nitrogens with zero attached hydrogens (tertiary/aromatic N) is 3. The fourth-order valence-electron chi connectivity index (χ4n) is 4.66. The highest BCUT2D eigenvalue weighted by Crippen LogP contribution is 2.31. The lowest BCUT2D eigenvalue weighted by Crippen LogP contribution is -2.35. The lowest BCUT2D eigenvalue weighted by atomic mass is 10.0. The van der Waals surface area contributed by atoms with Gasteiger partial charge in [-0.2, -0.15) is 5.10 Å². The molecule has 0 radical (unpaired) electrons. The van der Waals surface area contributed by atoms with Crippen molar-refractivity contribution in [3.63, 3.8) is 0 Å². The minimum Gasteiger partial charge on any atom is -0.444 e. The number of hydrogen-bond acceptors (Lipinski definition) is 6. The van der Waals surface area contributed by atoms with Gasteiger partial charge >= 0.3 is 6.09 Å². The Bertz CT molecular complexity index is 1140. The van der Waals surface area contributed by atoms with Crippen molar-refractivity contribution in [3.8, 4) is 0 Å². The van der Waals surface area contributed by atoms with Crippen LogP contribution in [0.2, 0.25) is 0 Å². The minimum atomic E-state index is -0.811. The number of ether oxygens (including phenoxy) is 1. The van der Waals surface area contributed by atoms with Crippen LogP contribution >= 0.6 is 0 Å². The molecule has 0 bridgehead atoms. The molecular weight excluding hydrogens is 430 g/mol. The van der Waals surface area contributed by atoms with Gasteiger partial charge in [-0.25, -0.2) is 4.79 Å². The second-order valence-electron chi connectivity index (χ2n) is 10.5. The Morgan fingerprint density at radius 2 is 2.09 bits per heavy atom. The number of carbonyl (C=O) groups excluding carboxylic acids is 1. The van der Waals surface area contributed by atoms with Crippen LogP contribution in [0.5, 0.6) is 0 Å². The number of aromatic nitrogens is 2. The van der Waals surface area contributed by atoms with Crippen LogP contribution in [-0.2, 0) is 4.74 Å². The van der Waals surface area contributed by atoms with Gasteiger partial charge < -0.3 is 20.1 Å². The van der Waals surface area contributed by atoms with Crippen molar-refractivity contribution in [1.82, 2.24) is 25.3 Å². The van der Waals surface area contributed by atoms with Crippen LogP contribution in [0.4, 0.5) is 4.79 Å². The molecular formula is C26H37N5O3. The molecule has 1 fully saturated rings. The third kappa shape index (κ3) is 5.28. The van der Waals surface area contributed by atoms with E-state index in [9.17, 15) is 9.90 Å². The van der Waals surface area contributed by atoms with Crippen molar-refractivity contribution < 1.29 is 14.6 Å². The molecule has 2 aliphatic heterocycles. The highest BCUT2D eigenvalue weighted by atomic mass is 16.6. The number of dihydropyridines is 1. The number of hydrogen-bond donors (Lipinski definition) is 3. The largest absolute Gasteiger partial charge is 0.444 e. The Hall–Kier alpha value is -2.84. The Balaban J connectivity index is 1.51. The predicted octanol–water partition coefficient (Wildman–Crippen LogP) is 3.93. The number of allylic oxidation sites excluding steroid dienone is 3. The molecule has 184 valence electrons. The summed E-state index contributed by atoms with van der Waals surface area (Å²) in [4.78, 5) is 14.3. The number of benzene rings is 1. The van der Waals surface area contributed by atoms with Gasteiger partial charge in [0.1, 0.15) is 11.8 Å². The van der Waals surface area contributed by atoms with Gasteiger partial charge in [0.25, 0.3) is 0 Å². The standard InChI is InChI=1S/C26H37N5O3/c1-16-9-21(24(32)28-13-19-12-27-18(3)11-17(19)2)22-14-29-31(23(22)10-16)20-7-8-30(15-20)25(33)34-26(4,5)6/h9-11,14,20,24,27-28,32H,7-8,12-13,15H2,1-6H3. The van der Waals surface area contributed by atoms with E-state index in [1.54, 1.807) is 4.90 Å². The van der Waals surface area contributed by atoms with Crippen molar-refractivity contribution >= 4 is 17.0 Å². The molecule has 4 rings (SSSR count). The summed E-state index contributed by atoms with van der Waals surface area (Å²) in [5, 5.41) is 23.3. The highest BCUT2D eigenvalue weighted by Gasteiger charge is 2.32. The molecule has 2 aliphatic rings. The summed E-state index contributed by atoms with van der Waals surface area (Å²) in [6.07, 6.45) is 3.67. The van der Waals surface area contributed by atoms with E-state index in [1.807, 2.05) is 44.6 Å². The van der Waals surface area contributed by atoms with Gasteiger partial charge in [-0.05, 0) is 76.8 Å². The fraction of sp³-hybridized carbons (Fsp3) is 0.538. The monoisotopic (exact) mass is 467 g/mol. The second kappa shape index (κ2) is 9.43. The van der Waals surface area contributed by atoms with Crippen molar-refractivity contribution in [3.05, 3.63) is 52.4 Å². The van der Waals surface area contributed by atoms with Gasteiger partial charge in [-0.3, -0.25) is 10.00 Å². The first-order valence-electron chi connectivity index (χ1n) is 12.0. The molecule has 3 N–H and O–H groups in total. The number of fused-ring (bicyclic) bond motifs is 1. The molecule has 3 heterocycles. The Morgan fingerprint density at radius 1 is 1.32 bits per heavy atom. The average Bonchev–Trinajstić information content (AvgIpc) is 3.38. The number of rotatable bonds is 5. The molecule has 1 aromatic carbocycles. The smallest absolute Gasteiger partial charge is 0.410 e. The number of carbonyl (C=O) groups is 1. The second-order valence-corrected chi connectivity index (χ2v) is 10.5. The third-order valence-corrected chi connectivity index (χ3v) is 6.43. The lowest BCUT2D eigenvalue weighted by Gasteiger charge is -2.24. The predicted molar refractivity (Wildman–Crippen MR) is 133 cm³/mol. The number of nitrogens with one attached hydrogen (secondary N) is 2. The van der Waals surface area contributed by atoms with E-state index in [0.717, 1.165) is 40.7 Å². The van der Waals surface area contributed by atoms with Crippen molar-refractivity contribution in [1.29, 1.82) is 0 Å². The van der Waals surface area contributed by atoms with Crippen LogP contribution < -0.4 is 10.6 Å². The van der Waals surface area contributed by atoms with E-state index in [2.05, 4.69) is 41.7 Å². The van der Waals surface area contributed by atoms with Crippen LogP contribution in [0.1, 0.15) is 64.4 Å². The SMILES string of the molecule is CC1=CC(C)=C(CNC(O)c2cc(C)cc3c2cnn3C2CCN(C(=O)OC(C)(C)C)C2)CN1. The van der Waals surface area contributed by atoms with Crippen LogP contribution in [0.25, 0.3) is 10.9 Å². The molecule has 0 spiro atoms. The molecule has 1 saturated heterocycles. The van der Waals surface area contributed by atoms with Gasteiger partial charge in [0.15, 0.2) is 0 Å². The first kappa shape index (κ1) is 24.3. The summed E-state index contributed by atoms with van der Waals surface area (Å²) in [6.45, 7) is 14.4. The molecule has 1 aromatic heterocycles. The van der Waals surface area contributed by atoms with Crippen LogP contribution in [0.3, 0.4) is 0 Å². The first-order chi connectivity index (χ1) is 16.0. The van der Waals surface area contributed by atoms with E-state index in [-0.39, 0.29) is 12.1 Å². The van der Waals surface area contributed by atoms with Crippen molar-refractivity contribution in [2.24, 2.45) is 0 Å². The summed E-state index contributed by atoms with van der Waals surface area (Å²) in [5.41, 5.74) is 5.95. The fourth-order valence-corrected chi connectivity index (χ4v) is 4.66. The summed E-state index contributed by atoms with van der Waals surface area (Å²) >= 11 is 0. The summed E-state index contributed by atoms with van der Waals surface area (Å²) in [6, 6.07) is 4.18. The van der Waals surface area contributed by atoms with Gasteiger partial charge in [0, 0.05) is 42.8 Å². The molecule has 2 unspecified atom stereocenters. The van der Waals surface area contributed by atoms with E-state index in [0.29, 0.717) is 19.6 Å². The Labute approximate surface area is 201 Å². The molecule has 0 saturated carbocycles. The molecule has 8 nitrogen and oxygen atoms in total. The number of likely N-dealkylation sites (tertiary alicyclic amines) is 1. The minimum absolute atomic E-state index is 0.0703. The number of aryl methyl sites for hydroxylation is 1. The normalized spacial score (nSPS) is 19.9. The maximum absolute atomic E-state index is 12.5. The highest BCUT2D eigenvalue weighted by molar-refractivity contribution is 5.83. The first-order valence-corrected chi connectivity index (χ1v) is 12.0. The van der Waals surface area contributed by atoms with Gasteiger partial charge in [-0.15, -0.1) is 0 Å². The lowest BCUT2D eigenvalue weighted by molar-refractivity contribution is 0.0288. The van der Waals surface area contributed by atoms with E-state index in [1.165, 1.54) is 11.1 Å². The van der Waals surface area contributed by atoms with E-state index in [4.69, 9.17) is 4.74 Å². The topological polar surface area (TPSA) is 91.7 Å². The number of amides is 1. The van der Waals surface area contributed by atoms with Crippen molar-refractivity contribution in [2.75, 3.05) is 26.2 Å². The van der Waals surface area contributed by atoms with E-state index >= 15 is 0 Å². The van der Waals surface area contributed by atoms with E-state index < -0.39 is 11.8 Å². The van der Waals surface area contributed by atoms with Crippen molar-refractivity contribution in [2.45, 2.75) is 65.8 Å². The Kier molecular flexibility index (Phi) is 6.73. The maximum atomic E-state index is 12.5. The summed E-state index contributed by atoms with van der Waals surface area (Å²) in [5.74, 6) is 0. The molecule has 1 amide bonds. The molecule has 2 atom stereocenters. The molecule has 2 aromatic rings. The maximum Gasteiger partial charge on any atom is 0.410 e. The molecule has 34 heavy (non-hydrogen) atoms. The zero-order valence-electron chi connectivity index (χ0n) is 21.1. The van der Waals surface area contributed by atoms with Gasteiger partial charge in [0.05, 0.1) is 17.8 Å². The zero-order valence-corrected chi connectivity index (χ0v) is 21.1. The quantitative estimate of drug-likeness (QED) is 0.577.